The van der Waals surface area contributed by atoms with Gasteiger partial charge >= 0.3 is 0 Å². The zero-order valence-corrected chi connectivity index (χ0v) is 19.1. The molecular weight excluding hydrogens is 447 g/mol. The van der Waals surface area contributed by atoms with Gasteiger partial charge in [-0.15, -0.1) is 0 Å². The first-order valence-electron chi connectivity index (χ1n) is 10.8. The summed E-state index contributed by atoms with van der Waals surface area (Å²) < 4.78 is 5.43. The van der Waals surface area contributed by atoms with Gasteiger partial charge in [-0.2, -0.15) is 0 Å². The molecule has 0 atom stereocenters. The minimum absolute atomic E-state index is 0.00203. The van der Waals surface area contributed by atoms with Crippen LogP contribution in [-0.2, 0) is 4.74 Å². The summed E-state index contributed by atoms with van der Waals surface area (Å²) in [5.41, 5.74) is 3.54. The maximum atomic E-state index is 13.5. The Morgan fingerprint density at radius 3 is 2.22 bits per heavy atom. The summed E-state index contributed by atoms with van der Waals surface area (Å²) in [7, 11) is 0. The number of nitrogens with zero attached hydrogens (tertiary/aromatic N) is 4. The van der Waals surface area contributed by atoms with Gasteiger partial charge in [0.2, 0.25) is 0 Å². The molecule has 0 saturated carbocycles. The first kappa shape index (κ1) is 21.3. The van der Waals surface area contributed by atoms with Crippen LogP contribution in [0.25, 0.3) is 10.9 Å². The maximum Gasteiger partial charge on any atom is 0.257 e. The number of aromatic nitrogens is 1. The molecule has 3 heterocycles. The fraction of sp³-hybridized carbons (Fsp3) is 0.333. The van der Waals surface area contributed by atoms with E-state index in [0.29, 0.717) is 36.9 Å². The van der Waals surface area contributed by atoms with E-state index in [1.807, 2.05) is 47.4 Å². The van der Waals surface area contributed by atoms with E-state index in [-0.39, 0.29) is 5.91 Å². The molecule has 1 amide bonds. The predicted molar refractivity (Wildman–Crippen MR) is 129 cm³/mol. The number of benzene rings is 2. The van der Waals surface area contributed by atoms with Gasteiger partial charge in [0.25, 0.3) is 5.91 Å². The number of hydrogen-bond donors (Lipinski definition) is 0. The normalized spacial score (nSPS) is 17.1. The third-order valence-electron chi connectivity index (χ3n) is 6.12. The Labute approximate surface area is 197 Å². The minimum atomic E-state index is -0.00203. The molecule has 2 aromatic carbocycles. The molecule has 2 aliphatic heterocycles. The van der Waals surface area contributed by atoms with E-state index in [1.54, 1.807) is 6.20 Å². The number of rotatable bonds is 3. The molecule has 1 aromatic heterocycles. The van der Waals surface area contributed by atoms with Crippen LogP contribution in [0.5, 0.6) is 0 Å². The number of carbonyl (C=O) groups excluding carboxylic acids is 1. The van der Waals surface area contributed by atoms with E-state index < -0.39 is 0 Å². The van der Waals surface area contributed by atoms with Crippen molar-refractivity contribution in [1.29, 1.82) is 0 Å². The van der Waals surface area contributed by atoms with Crippen LogP contribution < -0.4 is 9.80 Å². The lowest BCUT2D eigenvalue weighted by Gasteiger charge is -2.39. The molecule has 2 aliphatic rings. The number of pyridine rings is 1. The van der Waals surface area contributed by atoms with Crippen LogP contribution in [0.4, 0.5) is 11.4 Å². The second-order valence-corrected chi connectivity index (χ2v) is 8.91. The van der Waals surface area contributed by atoms with E-state index >= 15 is 0 Å². The summed E-state index contributed by atoms with van der Waals surface area (Å²) in [6.45, 7) is 5.58. The summed E-state index contributed by atoms with van der Waals surface area (Å²) in [5.74, 6) is -0.00203. The van der Waals surface area contributed by atoms with Crippen LogP contribution in [0.2, 0.25) is 10.0 Å². The SMILES string of the molecule is O=C(c1cnc2ccc(Cl)cc2c1N1CCN(c2ccc(Cl)cc2)CC1)N1CCOCC1. The Balaban J connectivity index is 1.48. The van der Waals surface area contributed by atoms with Crippen molar-refractivity contribution in [2.75, 3.05) is 62.3 Å². The molecular formula is C24H24Cl2N4O2. The Morgan fingerprint density at radius 1 is 0.844 bits per heavy atom. The van der Waals surface area contributed by atoms with Gasteiger partial charge in [0.1, 0.15) is 0 Å². The highest BCUT2D eigenvalue weighted by molar-refractivity contribution is 6.31. The van der Waals surface area contributed by atoms with Crippen LogP contribution in [0.3, 0.4) is 0 Å². The number of carbonyl (C=O) groups is 1. The van der Waals surface area contributed by atoms with Gasteiger partial charge in [-0.3, -0.25) is 9.78 Å². The maximum absolute atomic E-state index is 13.5. The smallest absolute Gasteiger partial charge is 0.257 e. The van der Waals surface area contributed by atoms with Crippen molar-refractivity contribution < 1.29 is 9.53 Å². The number of ether oxygens (including phenoxy) is 1. The van der Waals surface area contributed by atoms with Crippen molar-refractivity contribution in [1.82, 2.24) is 9.88 Å². The highest BCUT2D eigenvalue weighted by atomic mass is 35.5. The first-order valence-corrected chi connectivity index (χ1v) is 11.6. The molecule has 0 aliphatic carbocycles. The summed E-state index contributed by atoms with van der Waals surface area (Å²) >= 11 is 12.4. The topological polar surface area (TPSA) is 48.9 Å². The van der Waals surface area contributed by atoms with Crippen LogP contribution >= 0.6 is 23.2 Å². The van der Waals surface area contributed by atoms with Crippen molar-refractivity contribution in [3.8, 4) is 0 Å². The number of halogens is 2. The molecule has 0 N–H and O–H groups in total. The fourth-order valence-electron chi connectivity index (χ4n) is 4.42. The van der Waals surface area contributed by atoms with Gasteiger partial charge in [0.15, 0.2) is 0 Å². The third kappa shape index (κ3) is 4.22. The largest absolute Gasteiger partial charge is 0.378 e. The molecule has 0 bridgehead atoms. The van der Waals surface area contributed by atoms with Crippen LogP contribution in [0, 0.1) is 0 Å². The van der Waals surface area contributed by atoms with E-state index in [1.165, 1.54) is 0 Å². The summed E-state index contributed by atoms with van der Waals surface area (Å²) in [5, 5.41) is 2.28. The number of morpholine rings is 1. The van der Waals surface area contributed by atoms with E-state index in [0.717, 1.165) is 53.5 Å². The molecule has 5 rings (SSSR count). The molecule has 2 fully saturated rings. The highest BCUT2D eigenvalue weighted by Gasteiger charge is 2.27. The summed E-state index contributed by atoms with van der Waals surface area (Å²) in [4.78, 5) is 24.5. The van der Waals surface area contributed by atoms with Crippen molar-refractivity contribution in [2.24, 2.45) is 0 Å². The van der Waals surface area contributed by atoms with Gasteiger partial charge in [-0.05, 0) is 42.5 Å². The zero-order chi connectivity index (χ0) is 22.1. The molecule has 6 nitrogen and oxygen atoms in total. The first-order chi connectivity index (χ1) is 15.6. The number of fused-ring (bicyclic) bond motifs is 1. The molecule has 166 valence electrons. The second-order valence-electron chi connectivity index (χ2n) is 8.04. The average Bonchev–Trinajstić information content (AvgIpc) is 2.84. The highest BCUT2D eigenvalue weighted by Crippen LogP contribution is 2.34. The van der Waals surface area contributed by atoms with Crippen molar-refractivity contribution >= 4 is 51.4 Å². The lowest BCUT2D eigenvalue weighted by Crippen LogP contribution is -2.47. The Morgan fingerprint density at radius 2 is 1.50 bits per heavy atom. The molecule has 0 radical (unpaired) electrons. The van der Waals surface area contributed by atoms with E-state index in [4.69, 9.17) is 27.9 Å². The summed E-state index contributed by atoms with van der Waals surface area (Å²) in [6.07, 6.45) is 1.72. The Kier molecular flexibility index (Phi) is 6.09. The lowest BCUT2D eigenvalue weighted by atomic mass is 10.1. The molecule has 0 unspecified atom stereocenters. The Hall–Kier alpha value is -2.54. The van der Waals surface area contributed by atoms with Crippen molar-refractivity contribution in [3.05, 3.63) is 64.3 Å². The van der Waals surface area contributed by atoms with Crippen molar-refractivity contribution in [3.63, 3.8) is 0 Å². The van der Waals surface area contributed by atoms with Gasteiger partial charge in [-0.1, -0.05) is 23.2 Å². The van der Waals surface area contributed by atoms with E-state index in [9.17, 15) is 4.79 Å². The summed E-state index contributed by atoms with van der Waals surface area (Å²) in [6, 6.07) is 13.6. The minimum Gasteiger partial charge on any atom is -0.378 e. The monoisotopic (exact) mass is 470 g/mol. The standard InChI is InChI=1S/C24H24Cl2N4O2/c25-17-1-4-19(5-2-17)28-7-9-29(10-8-28)23-20-15-18(26)3-6-22(20)27-16-21(23)24(31)30-11-13-32-14-12-30/h1-6,15-16H,7-14H2. The molecule has 8 heteroatoms. The zero-order valence-electron chi connectivity index (χ0n) is 17.6. The molecule has 2 saturated heterocycles. The fourth-order valence-corrected chi connectivity index (χ4v) is 4.72. The molecule has 0 spiro atoms. The van der Waals surface area contributed by atoms with Crippen LogP contribution in [-0.4, -0.2) is 68.3 Å². The third-order valence-corrected chi connectivity index (χ3v) is 6.61. The second kappa shape index (κ2) is 9.14. The van der Waals surface area contributed by atoms with E-state index in [2.05, 4.69) is 14.8 Å². The molecule has 32 heavy (non-hydrogen) atoms. The quantitative estimate of drug-likeness (QED) is 0.569. The van der Waals surface area contributed by atoms with Gasteiger partial charge < -0.3 is 19.4 Å². The predicted octanol–water partition coefficient (Wildman–Crippen LogP) is 4.34. The number of anilines is 2. The van der Waals surface area contributed by atoms with Gasteiger partial charge in [-0.25, -0.2) is 0 Å². The Bertz CT molecular complexity index is 1120. The van der Waals surface area contributed by atoms with Crippen molar-refractivity contribution in [2.45, 2.75) is 0 Å². The average molecular weight is 471 g/mol. The number of amides is 1. The van der Waals surface area contributed by atoms with Crippen LogP contribution in [0.1, 0.15) is 10.4 Å². The lowest BCUT2D eigenvalue weighted by molar-refractivity contribution is 0.0303. The number of hydrogen-bond acceptors (Lipinski definition) is 5. The van der Waals surface area contributed by atoms with Gasteiger partial charge in [0.05, 0.1) is 30.0 Å². The molecule has 3 aromatic rings. The van der Waals surface area contributed by atoms with Crippen LogP contribution in [0.15, 0.2) is 48.7 Å². The number of piperazine rings is 1. The van der Waals surface area contributed by atoms with Gasteiger partial charge in [0, 0.05) is 66.6 Å².